The summed E-state index contributed by atoms with van der Waals surface area (Å²) in [7, 11) is 1.32. The molecule has 1 aromatic rings. The van der Waals surface area contributed by atoms with Crippen molar-refractivity contribution in [2.24, 2.45) is 0 Å². The number of hydrogen-bond acceptors (Lipinski definition) is 2. The molecule has 0 heterocycles. The van der Waals surface area contributed by atoms with Crippen LogP contribution in [-0.4, -0.2) is 13.1 Å². The third-order valence-corrected chi connectivity index (χ3v) is 4.04. The molecule has 1 rings (SSSR count). The predicted molar refractivity (Wildman–Crippen MR) is 80.8 cm³/mol. The number of hydrogen-bond donors (Lipinski definition) is 0. The monoisotopic (exact) mass is 340 g/mol. The van der Waals surface area contributed by atoms with Crippen LogP contribution in [-0.2, 0) is 14.9 Å². The van der Waals surface area contributed by atoms with E-state index in [1.165, 1.54) is 7.11 Å². The Hall–Kier alpha value is -1.34. The van der Waals surface area contributed by atoms with Gasteiger partial charge in [0, 0.05) is 12.0 Å². The Morgan fingerprint density at radius 1 is 1.50 bits per heavy atom. The summed E-state index contributed by atoms with van der Waals surface area (Å²) in [4.78, 5) is 12.1. The zero-order valence-corrected chi connectivity index (χ0v) is 13.3. The van der Waals surface area contributed by atoms with E-state index in [0.29, 0.717) is 22.9 Å². The molecule has 1 aromatic carbocycles. The van der Waals surface area contributed by atoms with E-state index in [1.807, 2.05) is 0 Å². The third kappa shape index (κ3) is 3.61. The number of ether oxygens (including phenoxy) is 1. The molecule has 0 bridgehead atoms. The average Bonchev–Trinajstić information content (AvgIpc) is 2.45. The van der Waals surface area contributed by atoms with Crippen molar-refractivity contribution in [1.82, 2.24) is 0 Å². The lowest BCUT2D eigenvalue weighted by atomic mass is 9.77. The number of rotatable bonds is 6. The minimum absolute atomic E-state index is 0.341. The lowest BCUT2D eigenvalue weighted by molar-refractivity contribution is -0.147. The second-order valence-electron chi connectivity index (χ2n) is 4.84. The molecule has 0 aliphatic carbocycles. The van der Waals surface area contributed by atoms with Gasteiger partial charge >= 0.3 is 5.97 Å². The van der Waals surface area contributed by atoms with Crippen molar-refractivity contribution >= 4 is 21.9 Å². The van der Waals surface area contributed by atoms with Gasteiger partial charge in [0.05, 0.1) is 17.0 Å². The third-order valence-electron chi connectivity index (χ3n) is 3.43. The second kappa shape index (κ2) is 7.44. The molecule has 0 saturated carbocycles. The van der Waals surface area contributed by atoms with Crippen LogP contribution in [0.3, 0.4) is 0 Å². The molecular weight excluding hydrogens is 323 g/mol. The first-order valence-corrected chi connectivity index (χ1v) is 7.23. The minimum Gasteiger partial charge on any atom is -0.468 e. The first-order valence-electron chi connectivity index (χ1n) is 6.43. The van der Waals surface area contributed by atoms with E-state index in [-0.39, 0.29) is 0 Å². The Bertz CT molecular complexity index is 522. The van der Waals surface area contributed by atoms with Crippen LogP contribution in [0.25, 0.3) is 0 Å². The number of carbonyl (C=O) groups excluding carboxylic acids is 1. The second-order valence-corrected chi connectivity index (χ2v) is 5.69. The van der Waals surface area contributed by atoms with Crippen molar-refractivity contribution in [3.8, 4) is 12.3 Å². The van der Waals surface area contributed by atoms with Gasteiger partial charge < -0.3 is 4.74 Å². The SMILES string of the molecule is C#CCCCCC(C)(C(=O)OC)c1cccc(Br)c1F. The number of methoxy groups -OCH3 is 1. The molecule has 0 saturated heterocycles. The topological polar surface area (TPSA) is 26.3 Å². The van der Waals surface area contributed by atoms with Crippen molar-refractivity contribution in [2.75, 3.05) is 7.11 Å². The maximum atomic E-state index is 14.3. The van der Waals surface area contributed by atoms with Crippen molar-refractivity contribution in [1.29, 1.82) is 0 Å². The smallest absolute Gasteiger partial charge is 0.316 e. The highest BCUT2D eigenvalue weighted by Gasteiger charge is 2.38. The van der Waals surface area contributed by atoms with Crippen LogP contribution in [0.1, 0.15) is 38.2 Å². The molecule has 0 aliphatic rings. The maximum absolute atomic E-state index is 14.3. The van der Waals surface area contributed by atoms with Gasteiger partial charge in [0.1, 0.15) is 5.82 Å². The molecule has 0 spiro atoms. The Kier molecular flexibility index (Phi) is 6.22. The highest BCUT2D eigenvalue weighted by Crippen LogP contribution is 2.35. The van der Waals surface area contributed by atoms with Gasteiger partial charge in [-0.25, -0.2) is 4.39 Å². The molecule has 0 radical (unpaired) electrons. The fourth-order valence-corrected chi connectivity index (χ4v) is 2.57. The maximum Gasteiger partial charge on any atom is 0.316 e. The number of benzene rings is 1. The summed E-state index contributed by atoms with van der Waals surface area (Å²) in [6.45, 7) is 1.71. The van der Waals surface area contributed by atoms with E-state index in [1.54, 1.807) is 25.1 Å². The molecule has 4 heteroatoms. The molecule has 0 N–H and O–H groups in total. The molecular formula is C16H18BrFO2. The number of unbranched alkanes of at least 4 members (excludes halogenated alkanes) is 2. The molecule has 2 nitrogen and oxygen atoms in total. The fraction of sp³-hybridized carbons (Fsp3) is 0.438. The van der Waals surface area contributed by atoms with Crippen LogP contribution in [0, 0.1) is 18.2 Å². The van der Waals surface area contributed by atoms with Crippen molar-refractivity contribution in [2.45, 2.75) is 38.0 Å². The average molecular weight is 341 g/mol. The standard InChI is InChI=1S/C16H18BrFO2/c1-4-5-6-7-11-16(2,15(19)20-3)12-9-8-10-13(17)14(12)18/h1,8-10H,5-7,11H2,2-3H3. The van der Waals surface area contributed by atoms with E-state index < -0.39 is 17.2 Å². The number of halogens is 2. The highest BCUT2D eigenvalue weighted by atomic mass is 79.9. The lowest BCUT2D eigenvalue weighted by Crippen LogP contribution is -2.35. The Morgan fingerprint density at radius 2 is 2.20 bits per heavy atom. The molecule has 108 valence electrons. The van der Waals surface area contributed by atoms with Gasteiger partial charge in [0.15, 0.2) is 0 Å². The van der Waals surface area contributed by atoms with Crippen molar-refractivity contribution in [3.63, 3.8) is 0 Å². The number of terminal acetylenes is 1. The van der Waals surface area contributed by atoms with Gasteiger partial charge in [0.25, 0.3) is 0 Å². The van der Waals surface area contributed by atoms with E-state index in [4.69, 9.17) is 11.2 Å². The Morgan fingerprint density at radius 3 is 2.80 bits per heavy atom. The molecule has 0 aromatic heterocycles. The quantitative estimate of drug-likeness (QED) is 0.440. The number of carbonyl (C=O) groups is 1. The molecule has 1 atom stereocenters. The van der Waals surface area contributed by atoms with Crippen LogP contribution in [0.5, 0.6) is 0 Å². The summed E-state index contributed by atoms with van der Waals surface area (Å²) in [5.41, 5.74) is -0.656. The van der Waals surface area contributed by atoms with Crippen LogP contribution in [0.4, 0.5) is 4.39 Å². The van der Waals surface area contributed by atoms with E-state index in [0.717, 1.165) is 12.8 Å². The Labute approximate surface area is 127 Å². The predicted octanol–water partition coefficient (Wildman–Crippen LogP) is 4.21. The van der Waals surface area contributed by atoms with Crippen molar-refractivity contribution in [3.05, 3.63) is 34.1 Å². The van der Waals surface area contributed by atoms with Crippen LogP contribution in [0.2, 0.25) is 0 Å². The summed E-state index contributed by atoms with van der Waals surface area (Å²) < 4.78 is 19.5. The molecule has 1 unspecified atom stereocenters. The first-order chi connectivity index (χ1) is 9.47. The Balaban J connectivity index is 3.08. The summed E-state index contributed by atoms with van der Waals surface area (Å²) >= 11 is 3.15. The van der Waals surface area contributed by atoms with Crippen LogP contribution >= 0.6 is 15.9 Å². The zero-order chi connectivity index (χ0) is 15.2. The van der Waals surface area contributed by atoms with E-state index >= 15 is 0 Å². The lowest BCUT2D eigenvalue weighted by Gasteiger charge is -2.27. The van der Waals surface area contributed by atoms with Gasteiger partial charge in [0.2, 0.25) is 0 Å². The highest BCUT2D eigenvalue weighted by molar-refractivity contribution is 9.10. The van der Waals surface area contributed by atoms with Gasteiger partial charge in [-0.1, -0.05) is 18.6 Å². The van der Waals surface area contributed by atoms with Gasteiger partial charge in [-0.2, -0.15) is 0 Å². The van der Waals surface area contributed by atoms with Gasteiger partial charge in [-0.05, 0) is 41.8 Å². The molecule has 0 amide bonds. The number of esters is 1. The van der Waals surface area contributed by atoms with Crippen LogP contribution < -0.4 is 0 Å². The summed E-state index contributed by atoms with van der Waals surface area (Å²) in [5.74, 6) is 1.71. The molecule has 20 heavy (non-hydrogen) atoms. The van der Waals surface area contributed by atoms with Crippen molar-refractivity contribution < 1.29 is 13.9 Å². The fourth-order valence-electron chi connectivity index (χ4n) is 2.21. The molecule has 0 aliphatic heterocycles. The largest absolute Gasteiger partial charge is 0.468 e. The normalized spacial score (nSPS) is 13.3. The summed E-state index contributed by atoms with van der Waals surface area (Å²) in [5, 5.41) is 0. The summed E-state index contributed by atoms with van der Waals surface area (Å²) in [6, 6.07) is 4.94. The summed E-state index contributed by atoms with van der Waals surface area (Å²) in [6.07, 6.45) is 7.90. The molecule has 0 fully saturated rings. The van der Waals surface area contributed by atoms with Gasteiger partial charge in [-0.3, -0.25) is 4.79 Å². The van der Waals surface area contributed by atoms with Gasteiger partial charge in [-0.15, -0.1) is 12.3 Å². The first kappa shape index (κ1) is 16.7. The van der Waals surface area contributed by atoms with E-state index in [9.17, 15) is 9.18 Å². The minimum atomic E-state index is -1.00. The van der Waals surface area contributed by atoms with Crippen LogP contribution in [0.15, 0.2) is 22.7 Å². The zero-order valence-electron chi connectivity index (χ0n) is 11.7. The van der Waals surface area contributed by atoms with E-state index in [2.05, 4.69) is 21.9 Å².